The first-order chi connectivity index (χ1) is 15.1. The van der Waals surface area contributed by atoms with Crippen molar-refractivity contribution >= 4 is 17.2 Å². The Labute approximate surface area is 179 Å². The number of morpholine rings is 1. The molecule has 3 saturated heterocycles. The lowest BCUT2D eigenvalue weighted by atomic mass is 9.83. The van der Waals surface area contributed by atoms with Crippen LogP contribution in [0.15, 0.2) is 43.0 Å². The number of likely N-dealkylation sites (tertiary alicyclic amines) is 1. The molecule has 4 atom stereocenters. The zero-order valence-electron chi connectivity index (χ0n) is 17.3. The van der Waals surface area contributed by atoms with E-state index in [2.05, 4.69) is 20.0 Å². The monoisotopic (exact) mass is 420 g/mol. The van der Waals surface area contributed by atoms with Gasteiger partial charge >= 0.3 is 0 Å². The van der Waals surface area contributed by atoms with Crippen LogP contribution in [0.1, 0.15) is 16.1 Å². The molecule has 3 aliphatic heterocycles. The third-order valence-electron chi connectivity index (χ3n) is 7.10. The van der Waals surface area contributed by atoms with Crippen LogP contribution in [0.5, 0.6) is 0 Å². The number of fused-ring (bicyclic) bond motifs is 2. The van der Waals surface area contributed by atoms with Crippen molar-refractivity contribution in [2.45, 2.75) is 18.6 Å². The fourth-order valence-corrected chi connectivity index (χ4v) is 5.73. The first kappa shape index (κ1) is 18.7. The Hall–Kier alpha value is -3.04. The Bertz CT molecular complexity index is 1160. The lowest BCUT2D eigenvalue weighted by Gasteiger charge is -2.40. The SMILES string of the molecule is Cc1nccnc1N1C[C@@H]2[C@H](CO)[C@H]3CN(C(=O)c4cnn5ccccc45)C[C@]2(C1)O3. The number of aliphatic hydroxyl groups is 1. The number of hydrogen-bond acceptors (Lipinski definition) is 7. The number of aryl methyl sites for hydroxylation is 1. The van der Waals surface area contributed by atoms with Crippen molar-refractivity contribution in [3.05, 3.63) is 54.2 Å². The van der Waals surface area contributed by atoms with E-state index in [1.54, 1.807) is 23.1 Å². The number of aliphatic hydroxyl groups excluding tert-OH is 1. The van der Waals surface area contributed by atoms with Gasteiger partial charge in [0.15, 0.2) is 0 Å². The summed E-state index contributed by atoms with van der Waals surface area (Å²) in [6.45, 7) is 4.33. The fourth-order valence-electron chi connectivity index (χ4n) is 5.73. The average Bonchev–Trinajstić information content (AvgIpc) is 3.41. The first-order valence-corrected chi connectivity index (χ1v) is 10.6. The van der Waals surface area contributed by atoms with Crippen LogP contribution < -0.4 is 4.90 Å². The summed E-state index contributed by atoms with van der Waals surface area (Å²) in [6.07, 6.45) is 6.69. The summed E-state index contributed by atoms with van der Waals surface area (Å²) in [6, 6.07) is 5.70. The van der Waals surface area contributed by atoms with E-state index in [0.717, 1.165) is 23.6 Å². The molecule has 0 radical (unpaired) electrons. The van der Waals surface area contributed by atoms with Crippen molar-refractivity contribution in [3.63, 3.8) is 0 Å². The van der Waals surface area contributed by atoms with Gasteiger partial charge in [-0.25, -0.2) is 9.50 Å². The predicted molar refractivity (Wildman–Crippen MR) is 112 cm³/mol. The highest BCUT2D eigenvalue weighted by Gasteiger charge is 2.63. The molecule has 160 valence electrons. The molecule has 31 heavy (non-hydrogen) atoms. The van der Waals surface area contributed by atoms with Gasteiger partial charge in [-0.3, -0.25) is 9.78 Å². The van der Waals surface area contributed by atoms with Crippen LogP contribution in [0.3, 0.4) is 0 Å². The van der Waals surface area contributed by atoms with Gasteiger partial charge in [-0.2, -0.15) is 5.10 Å². The van der Waals surface area contributed by atoms with Gasteiger partial charge in [0.1, 0.15) is 11.4 Å². The van der Waals surface area contributed by atoms with Crippen LogP contribution in [0, 0.1) is 18.8 Å². The minimum absolute atomic E-state index is 0.0105. The fraction of sp³-hybridized carbons (Fsp3) is 0.455. The van der Waals surface area contributed by atoms with Crippen LogP contribution in [0.4, 0.5) is 5.82 Å². The maximum absolute atomic E-state index is 13.5. The van der Waals surface area contributed by atoms with Crippen molar-refractivity contribution in [2.24, 2.45) is 11.8 Å². The number of nitrogens with zero attached hydrogens (tertiary/aromatic N) is 6. The van der Waals surface area contributed by atoms with E-state index in [9.17, 15) is 9.90 Å². The Kier molecular flexibility index (Phi) is 4.06. The van der Waals surface area contributed by atoms with E-state index in [1.165, 1.54) is 0 Å². The summed E-state index contributed by atoms with van der Waals surface area (Å²) < 4.78 is 8.24. The predicted octanol–water partition coefficient (Wildman–Crippen LogP) is 0.771. The van der Waals surface area contributed by atoms with Gasteiger partial charge in [-0.15, -0.1) is 0 Å². The molecular formula is C22H24N6O3. The van der Waals surface area contributed by atoms with Crippen LogP contribution in [0.2, 0.25) is 0 Å². The summed E-state index contributed by atoms with van der Waals surface area (Å²) in [5, 5.41) is 14.5. The van der Waals surface area contributed by atoms with Gasteiger partial charge in [0.2, 0.25) is 0 Å². The third kappa shape index (κ3) is 2.69. The van der Waals surface area contributed by atoms with E-state index in [-0.39, 0.29) is 30.5 Å². The third-order valence-corrected chi connectivity index (χ3v) is 7.10. The Morgan fingerprint density at radius 2 is 2.13 bits per heavy atom. The lowest BCUT2D eigenvalue weighted by Crippen LogP contribution is -2.55. The smallest absolute Gasteiger partial charge is 0.257 e. The second-order valence-electron chi connectivity index (χ2n) is 8.79. The van der Waals surface area contributed by atoms with Gasteiger partial charge in [-0.1, -0.05) is 6.07 Å². The average molecular weight is 420 g/mol. The number of rotatable bonds is 3. The summed E-state index contributed by atoms with van der Waals surface area (Å²) in [5.41, 5.74) is 1.74. The van der Waals surface area contributed by atoms with Crippen molar-refractivity contribution in [1.82, 2.24) is 24.5 Å². The maximum atomic E-state index is 13.5. The second kappa shape index (κ2) is 6.73. The zero-order valence-corrected chi connectivity index (χ0v) is 17.3. The number of carbonyl (C=O) groups excluding carboxylic acids is 1. The molecule has 6 heterocycles. The van der Waals surface area contributed by atoms with E-state index >= 15 is 0 Å². The van der Waals surface area contributed by atoms with Gasteiger partial charge < -0.3 is 19.6 Å². The van der Waals surface area contributed by atoms with Crippen molar-refractivity contribution < 1.29 is 14.6 Å². The van der Waals surface area contributed by atoms with Crippen molar-refractivity contribution in [1.29, 1.82) is 0 Å². The zero-order chi connectivity index (χ0) is 21.2. The van der Waals surface area contributed by atoms with E-state index in [4.69, 9.17) is 4.74 Å². The largest absolute Gasteiger partial charge is 0.396 e. The molecule has 3 aromatic rings. The molecule has 1 spiro atoms. The number of amides is 1. The molecule has 3 aromatic heterocycles. The van der Waals surface area contributed by atoms with Gasteiger partial charge in [-0.05, 0) is 19.1 Å². The molecule has 3 aliphatic rings. The topological polar surface area (TPSA) is 96.1 Å². The summed E-state index contributed by atoms with van der Waals surface area (Å²) in [5.74, 6) is 0.920. The maximum Gasteiger partial charge on any atom is 0.257 e. The molecule has 0 unspecified atom stereocenters. The summed E-state index contributed by atoms with van der Waals surface area (Å²) in [7, 11) is 0. The minimum atomic E-state index is -0.515. The number of pyridine rings is 1. The van der Waals surface area contributed by atoms with Gasteiger partial charge in [0.05, 0.1) is 42.2 Å². The number of anilines is 1. The molecule has 0 aromatic carbocycles. The normalized spacial score (nSPS) is 29.5. The second-order valence-corrected chi connectivity index (χ2v) is 8.79. The molecule has 9 nitrogen and oxygen atoms in total. The molecule has 6 rings (SSSR count). The van der Waals surface area contributed by atoms with Crippen LogP contribution >= 0.6 is 0 Å². The lowest BCUT2D eigenvalue weighted by molar-refractivity contribution is -0.100. The molecule has 3 fully saturated rings. The molecule has 1 N–H and O–H groups in total. The van der Waals surface area contributed by atoms with Crippen molar-refractivity contribution in [3.8, 4) is 0 Å². The molecule has 2 bridgehead atoms. The molecule has 1 amide bonds. The standard InChI is InChI=1S/C22H24N6O3/c1-14-20(24-6-5-23-14)26-9-17-16(11-29)19-10-27(13-22(17,12-26)31-19)21(30)15-8-25-28-7-3-2-4-18(15)28/h2-8,16-17,19,29H,9-13H2,1H3/t16-,17+,19+,22-/m0/s1. The minimum Gasteiger partial charge on any atom is -0.396 e. The van der Waals surface area contributed by atoms with Crippen LogP contribution in [-0.2, 0) is 4.74 Å². The number of hydrogen-bond donors (Lipinski definition) is 1. The number of carbonyl (C=O) groups is 1. The number of aromatic nitrogens is 4. The van der Waals surface area contributed by atoms with Gasteiger partial charge in [0.25, 0.3) is 5.91 Å². The van der Waals surface area contributed by atoms with Gasteiger partial charge in [0, 0.05) is 50.1 Å². The summed E-state index contributed by atoms with van der Waals surface area (Å²) >= 11 is 0. The first-order valence-electron chi connectivity index (χ1n) is 10.6. The van der Waals surface area contributed by atoms with Crippen molar-refractivity contribution in [2.75, 3.05) is 37.7 Å². The van der Waals surface area contributed by atoms with E-state index in [1.807, 2.05) is 36.2 Å². The molecule has 9 heteroatoms. The van der Waals surface area contributed by atoms with Crippen LogP contribution in [0.25, 0.3) is 5.52 Å². The molecule has 0 saturated carbocycles. The highest BCUT2D eigenvalue weighted by atomic mass is 16.5. The highest BCUT2D eigenvalue weighted by Crippen LogP contribution is 2.50. The Morgan fingerprint density at radius 3 is 2.97 bits per heavy atom. The Morgan fingerprint density at radius 1 is 1.26 bits per heavy atom. The number of ether oxygens (including phenoxy) is 1. The highest BCUT2D eigenvalue weighted by molar-refractivity contribution is 6.00. The van der Waals surface area contributed by atoms with E-state index < -0.39 is 5.60 Å². The van der Waals surface area contributed by atoms with Crippen LogP contribution in [-0.4, -0.2) is 80.0 Å². The molecule has 0 aliphatic carbocycles. The van der Waals surface area contributed by atoms with E-state index in [0.29, 0.717) is 25.2 Å². The summed E-state index contributed by atoms with van der Waals surface area (Å²) in [4.78, 5) is 26.5. The quantitative estimate of drug-likeness (QED) is 0.669. The Balaban J connectivity index is 1.33. The molecular weight excluding hydrogens is 396 g/mol.